The lowest BCUT2D eigenvalue weighted by Crippen LogP contribution is -2.26. The minimum atomic E-state index is 0.544. The fourth-order valence-corrected chi connectivity index (χ4v) is 1.63. The number of benzene rings is 1. The molecule has 0 atom stereocenters. The summed E-state index contributed by atoms with van der Waals surface area (Å²) in [6, 6.07) is 7.65. The van der Waals surface area contributed by atoms with Gasteiger partial charge < -0.3 is 5.32 Å². The van der Waals surface area contributed by atoms with E-state index in [4.69, 9.17) is 16.4 Å². The molecule has 0 bridgehead atoms. The van der Waals surface area contributed by atoms with Gasteiger partial charge in [0.15, 0.2) is 0 Å². The summed E-state index contributed by atoms with van der Waals surface area (Å²) in [5, 5.41) is 3.99. The molecule has 1 aromatic rings. The molecule has 0 aliphatic carbocycles. The Bertz CT molecular complexity index is 362. The molecule has 0 radical (unpaired) electrons. The van der Waals surface area contributed by atoms with Crippen LogP contribution in [0.3, 0.4) is 0 Å². The van der Waals surface area contributed by atoms with Crippen molar-refractivity contribution < 1.29 is 4.84 Å². The molecule has 2 rings (SSSR count). The van der Waals surface area contributed by atoms with Gasteiger partial charge >= 0.3 is 0 Å². The smallest absolute Gasteiger partial charge is 0.0996 e. The number of hydroxylamine groups is 1. The lowest BCUT2D eigenvalue weighted by Gasteiger charge is -2.15. The highest BCUT2D eigenvalue weighted by Gasteiger charge is 2.01. The fourth-order valence-electron chi connectivity index (χ4n) is 1.51. The van der Waals surface area contributed by atoms with Gasteiger partial charge in [-0.1, -0.05) is 23.7 Å². The molecule has 0 saturated heterocycles. The van der Waals surface area contributed by atoms with E-state index < -0.39 is 0 Å². The SMILES string of the molecule is Clc1ccc(CONC2=CCNCC2)cc1. The maximum absolute atomic E-state index is 5.79. The molecule has 1 aliphatic heterocycles. The summed E-state index contributed by atoms with van der Waals surface area (Å²) < 4.78 is 0. The van der Waals surface area contributed by atoms with Gasteiger partial charge in [-0.2, -0.15) is 0 Å². The summed E-state index contributed by atoms with van der Waals surface area (Å²) in [6.07, 6.45) is 3.09. The van der Waals surface area contributed by atoms with E-state index in [1.807, 2.05) is 24.3 Å². The van der Waals surface area contributed by atoms with Crippen LogP contribution in [0.2, 0.25) is 5.02 Å². The summed E-state index contributed by atoms with van der Waals surface area (Å²) in [5.74, 6) is 0. The predicted molar refractivity (Wildman–Crippen MR) is 64.9 cm³/mol. The quantitative estimate of drug-likeness (QED) is 0.790. The Morgan fingerprint density at radius 2 is 2.12 bits per heavy atom. The lowest BCUT2D eigenvalue weighted by atomic mass is 10.2. The van der Waals surface area contributed by atoms with E-state index in [1.54, 1.807) is 0 Å². The van der Waals surface area contributed by atoms with Crippen LogP contribution in [0.1, 0.15) is 12.0 Å². The monoisotopic (exact) mass is 238 g/mol. The van der Waals surface area contributed by atoms with Gasteiger partial charge in [0.2, 0.25) is 0 Å². The lowest BCUT2D eigenvalue weighted by molar-refractivity contribution is 0.0462. The Morgan fingerprint density at radius 3 is 2.81 bits per heavy atom. The van der Waals surface area contributed by atoms with Crippen molar-refractivity contribution in [3.05, 3.63) is 46.6 Å². The van der Waals surface area contributed by atoms with Crippen molar-refractivity contribution in [2.75, 3.05) is 13.1 Å². The normalized spacial score (nSPS) is 15.7. The van der Waals surface area contributed by atoms with Gasteiger partial charge in [-0.05, 0) is 23.8 Å². The highest BCUT2D eigenvalue weighted by Crippen LogP contribution is 2.10. The number of halogens is 1. The average molecular weight is 239 g/mol. The van der Waals surface area contributed by atoms with E-state index in [0.717, 1.165) is 35.8 Å². The zero-order valence-corrected chi connectivity index (χ0v) is 9.76. The van der Waals surface area contributed by atoms with Crippen molar-refractivity contribution in [1.82, 2.24) is 10.8 Å². The molecular formula is C12H15ClN2O. The molecule has 2 N–H and O–H groups in total. The van der Waals surface area contributed by atoms with Gasteiger partial charge in [0.25, 0.3) is 0 Å². The van der Waals surface area contributed by atoms with Gasteiger partial charge in [0.05, 0.1) is 6.61 Å². The second kappa shape index (κ2) is 5.89. The second-order valence-electron chi connectivity index (χ2n) is 3.70. The van der Waals surface area contributed by atoms with Crippen LogP contribution >= 0.6 is 11.6 Å². The fraction of sp³-hybridized carbons (Fsp3) is 0.333. The second-order valence-corrected chi connectivity index (χ2v) is 4.14. The van der Waals surface area contributed by atoms with Crippen LogP contribution in [0, 0.1) is 0 Å². The van der Waals surface area contributed by atoms with E-state index in [2.05, 4.69) is 16.9 Å². The van der Waals surface area contributed by atoms with Crippen molar-refractivity contribution in [3.8, 4) is 0 Å². The molecule has 1 heterocycles. The molecule has 16 heavy (non-hydrogen) atoms. The van der Waals surface area contributed by atoms with E-state index in [9.17, 15) is 0 Å². The van der Waals surface area contributed by atoms with Crippen LogP contribution in [-0.4, -0.2) is 13.1 Å². The van der Waals surface area contributed by atoms with E-state index in [-0.39, 0.29) is 0 Å². The summed E-state index contributed by atoms with van der Waals surface area (Å²) >= 11 is 5.79. The van der Waals surface area contributed by atoms with Gasteiger partial charge in [-0.3, -0.25) is 10.3 Å². The third kappa shape index (κ3) is 3.52. The molecule has 0 aromatic heterocycles. The largest absolute Gasteiger partial charge is 0.313 e. The first kappa shape index (κ1) is 11.5. The zero-order valence-electron chi connectivity index (χ0n) is 9.00. The van der Waals surface area contributed by atoms with Gasteiger partial charge in [-0.25, -0.2) is 0 Å². The van der Waals surface area contributed by atoms with Crippen LogP contribution in [0.25, 0.3) is 0 Å². The molecule has 0 amide bonds. The molecule has 86 valence electrons. The van der Waals surface area contributed by atoms with Gasteiger partial charge in [-0.15, -0.1) is 0 Å². The van der Waals surface area contributed by atoms with Crippen molar-refractivity contribution >= 4 is 11.6 Å². The maximum atomic E-state index is 5.79. The van der Waals surface area contributed by atoms with Crippen LogP contribution < -0.4 is 10.8 Å². The molecule has 0 fully saturated rings. The number of rotatable bonds is 4. The van der Waals surface area contributed by atoms with Crippen molar-refractivity contribution in [3.63, 3.8) is 0 Å². The first-order chi connectivity index (χ1) is 7.84. The minimum absolute atomic E-state index is 0.544. The minimum Gasteiger partial charge on any atom is -0.313 e. The number of nitrogens with one attached hydrogen (secondary N) is 2. The van der Waals surface area contributed by atoms with Crippen LogP contribution in [0.4, 0.5) is 0 Å². The maximum Gasteiger partial charge on any atom is 0.0996 e. The molecule has 0 spiro atoms. The Labute approximate surface area is 100 Å². The number of hydrogen-bond donors (Lipinski definition) is 2. The van der Waals surface area contributed by atoms with Crippen LogP contribution in [0.15, 0.2) is 36.0 Å². The summed E-state index contributed by atoms with van der Waals surface area (Å²) in [6.45, 7) is 2.46. The molecule has 3 nitrogen and oxygen atoms in total. The van der Waals surface area contributed by atoms with Crippen LogP contribution in [0.5, 0.6) is 0 Å². The molecule has 4 heteroatoms. The highest BCUT2D eigenvalue weighted by molar-refractivity contribution is 6.30. The summed E-state index contributed by atoms with van der Waals surface area (Å²) in [4.78, 5) is 5.41. The summed E-state index contributed by atoms with van der Waals surface area (Å²) in [7, 11) is 0. The first-order valence-corrected chi connectivity index (χ1v) is 5.74. The van der Waals surface area contributed by atoms with Crippen LogP contribution in [-0.2, 0) is 11.4 Å². The third-order valence-corrected chi connectivity index (χ3v) is 2.67. The topological polar surface area (TPSA) is 33.3 Å². The zero-order chi connectivity index (χ0) is 11.2. The predicted octanol–water partition coefficient (Wildman–Crippen LogP) is 2.24. The third-order valence-electron chi connectivity index (χ3n) is 2.42. The van der Waals surface area contributed by atoms with Crippen molar-refractivity contribution in [1.29, 1.82) is 0 Å². The molecule has 0 unspecified atom stereocenters. The Morgan fingerprint density at radius 1 is 1.31 bits per heavy atom. The first-order valence-electron chi connectivity index (χ1n) is 5.36. The Hall–Kier alpha value is -1.03. The Balaban J connectivity index is 1.75. The van der Waals surface area contributed by atoms with E-state index >= 15 is 0 Å². The number of hydrogen-bond acceptors (Lipinski definition) is 3. The Kier molecular flexibility index (Phi) is 4.22. The van der Waals surface area contributed by atoms with E-state index in [0.29, 0.717) is 6.61 Å². The average Bonchev–Trinajstić information content (AvgIpc) is 2.33. The molecular weight excluding hydrogens is 224 g/mol. The van der Waals surface area contributed by atoms with Gasteiger partial charge in [0, 0.05) is 30.2 Å². The van der Waals surface area contributed by atoms with E-state index in [1.165, 1.54) is 0 Å². The van der Waals surface area contributed by atoms with Crippen molar-refractivity contribution in [2.24, 2.45) is 0 Å². The molecule has 0 saturated carbocycles. The molecule has 1 aromatic carbocycles. The van der Waals surface area contributed by atoms with Gasteiger partial charge in [0.1, 0.15) is 0 Å². The standard InChI is InChI=1S/C12H15ClN2O/c13-11-3-1-10(2-4-11)9-16-15-12-5-7-14-8-6-12/h1-5,14-15H,6-9H2. The molecule has 1 aliphatic rings. The highest BCUT2D eigenvalue weighted by atomic mass is 35.5. The summed E-state index contributed by atoms with van der Waals surface area (Å²) in [5.41, 5.74) is 5.22. The van der Waals surface area contributed by atoms with Crippen molar-refractivity contribution in [2.45, 2.75) is 13.0 Å².